The standard InChI is InChI=1S/C25H30ClN3O4/c1-3-17-14-21(26)23(33-2)22(15-17)28-12-10-27(11-13-28)16-18(30)8-9-29-24(31)19-6-4-5-7-20(19)25(29)32/h4-7,14-15,18,30H,3,8-13,16H2,1-2H3/t18-/m1/s1. The van der Waals surface area contributed by atoms with Crippen molar-refractivity contribution in [2.24, 2.45) is 0 Å². The Morgan fingerprint density at radius 3 is 2.27 bits per heavy atom. The predicted octanol–water partition coefficient (Wildman–Crippen LogP) is 3.08. The average Bonchev–Trinajstić information content (AvgIpc) is 3.07. The van der Waals surface area contributed by atoms with Crippen LogP contribution >= 0.6 is 11.6 Å². The van der Waals surface area contributed by atoms with Gasteiger partial charge in [0.2, 0.25) is 0 Å². The third-order valence-corrected chi connectivity index (χ3v) is 6.72. The fourth-order valence-electron chi connectivity index (χ4n) is 4.56. The number of halogens is 1. The van der Waals surface area contributed by atoms with Crippen molar-refractivity contribution in [1.82, 2.24) is 9.80 Å². The zero-order valence-corrected chi connectivity index (χ0v) is 19.8. The van der Waals surface area contributed by atoms with Crippen molar-refractivity contribution < 1.29 is 19.4 Å². The molecule has 0 radical (unpaired) electrons. The Bertz CT molecular complexity index is 1000. The van der Waals surface area contributed by atoms with Crippen molar-refractivity contribution in [2.45, 2.75) is 25.9 Å². The molecular formula is C25H30ClN3O4. The number of ether oxygens (including phenoxy) is 1. The summed E-state index contributed by atoms with van der Waals surface area (Å²) in [7, 11) is 1.64. The molecule has 1 fully saturated rings. The van der Waals surface area contributed by atoms with E-state index in [0.29, 0.717) is 34.9 Å². The second-order valence-electron chi connectivity index (χ2n) is 8.52. The Balaban J connectivity index is 1.29. The van der Waals surface area contributed by atoms with Gasteiger partial charge < -0.3 is 14.7 Å². The van der Waals surface area contributed by atoms with E-state index in [9.17, 15) is 14.7 Å². The van der Waals surface area contributed by atoms with E-state index >= 15 is 0 Å². The van der Waals surface area contributed by atoms with E-state index < -0.39 is 6.10 Å². The number of hydrogen-bond donors (Lipinski definition) is 1. The largest absolute Gasteiger partial charge is 0.493 e. The number of carbonyl (C=O) groups is 2. The molecule has 1 atom stereocenters. The molecule has 4 rings (SSSR count). The van der Waals surface area contributed by atoms with Gasteiger partial charge in [0.1, 0.15) is 0 Å². The van der Waals surface area contributed by atoms with Gasteiger partial charge in [-0.05, 0) is 42.7 Å². The zero-order valence-electron chi connectivity index (χ0n) is 19.1. The second-order valence-corrected chi connectivity index (χ2v) is 8.93. The smallest absolute Gasteiger partial charge is 0.261 e. The van der Waals surface area contributed by atoms with Crippen LogP contribution in [0.5, 0.6) is 5.75 Å². The number of fused-ring (bicyclic) bond motifs is 1. The molecule has 0 aromatic heterocycles. The molecule has 1 N–H and O–H groups in total. The number of aryl methyl sites for hydroxylation is 1. The maximum absolute atomic E-state index is 12.5. The van der Waals surface area contributed by atoms with Crippen molar-refractivity contribution in [3.8, 4) is 5.75 Å². The average molecular weight is 472 g/mol. The van der Waals surface area contributed by atoms with E-state index in [1.165, 1.54) is 10.5 Å². The van der Waals surface area contributed by atoms with Gasteiger partial charge in [-0.25, -0.2) is 0 Å². The molecule has 0 aliphatic carbocycles. The number of carbonyl (C=O) groups excluding carboxylic acids is 2. The van der Waals surface area contributed by atoms with E-state index in [4.69, 9.17) is 16.3 Å². The number of hydrogen-bond acceptors (Lipinski definition) is 6. The van der Waals surface area contributed by atoms with Crippen LogP contribution in [0.1, 0.15) is 39.6 Å². The number of anilines is 1. The first-order chi connectivity index (χ1) is 15.9. The SMILES string of the molecule is CCc1cc(Cl)c(OC)c(N2CCN(C[C@H](O)CCN3C(=O)c4ccccc4C3=O)CC2)c1. The Kier molecular flexibility index (Phi) is 7.22. The molecule has 176 valence electrons. The minimum Gasteiger partial charge on any atom is -0.493 e. The lowest BCUT2D eigenvalue weighted by Crippen LogP contribution is -2.49. The molecule has 7 nitrogen and oxygen atoms in total. The van der Waals surface area contributed by atoms with Crippen molar-refractivity contribution in [3.05, 3.63) is 58.1 Å². The molecule has 0 unspecified atom stereocenters. The van der Waals surface area contributed by atoms with Crippen molar-refractivity contribution in [2.75, 3.05) is 51.3 Å². The first-order valence-electron chi connectivity index (χ1n) is 11.4. The van der Waals surface area contributed by atoms with E-state index in [1.54, 1.807) is 31.4 Å². The lowest BCUT2D eigenvalue weighted by molar-refractivity contribution is 0.0590. The van der Waals surface area contributed by atoms with Crippen LogP contribution in [0.15, 0.2) is 36.4 Å². The third-order valence-electron chi connectivity index (χ3n) is 6.44. The summed E-state index contributed by atoms with van der Waals surface area (Å²) >= 11 is 6.42. The Morgan fingerprint density at radius 1 is 1.06 bits per heavy atom. The minimum absolute atomic E-state index is 0.215. The van der Waals surface area contributed by atoms with Gasteiger partial charge in [-0.1, -0.05) is 30.7 Å². The highest BCUT2D eigenvalue weighted by Gasteiger charge is 2.35. The van der Waals surface area contributed by atoms with Crippen LogP contribution in [0.4, 0.5) is 5.69 Å². The topological polar surface area (TPSA) is 73.3 Å². The first-order valence-corrected chi connectivity index (χ1v) is 11.8. The second kappa shape index (κ2) is 10.1. The molecule has 2 amide bonds. The van der Waals surface area contributed by atoms with E-state index in [1.807, 2.05) is 6.07 Å². The summed E-state index contributed by atoms with van der Waals surface area (Å²) in [5, 5.41) is 11.2. The third kappa shape index (κ3) is 4.86. The number of β-amino-alcohol motifs (C(OH)–C–C–N with tert-alkyl or cyclic N) is 1. The fraction of sp³-hybridized carbons (Fsp3) is 0.440. The van der Waals surface area contributed by atoms with Gasteiger partial charge in [0.05, 0.1) is 35.1 Å². The summed E-state index contributed by atoms with van der Waals surface area (Å²) < 4.78 is 5.55. The monoisotopic (exact) mass is 471 g/mol. The summed E-state index contributed by atoms with van der Waals surface area (Å²) in [4.78, 5) is 30.7. The molecule has 1 saturated heterocycles. The van der Waals surface area contributed by atoms with Gasteiger partial charge in [-0.15, -0.1) is 0 Å². The highest BCUT2D eigenvalue weighted by atomic mass is 35.5. The van der Waals surface area contributed by atoms with E-state index in [2.05, 4.69) is 22.8 Å². The van der Waals surface area contributed by atoms with E-state index in [-0.39, 0.29) is 18.4 Å². The van der Waals surface area contributed by atoms with Gasteiger partial charge >= 0.3 is 0 Å². The number of imide groups is 1. The number of amides is 2. The number of aliphatic hydroxyl groups is 1. The normalized spacial score (nSPS) is 17.5. The summed E-state index contributed by atoms with van der Waals surface area (Å²) in [5.74, 6) is 0.139. The van der Waals surface area contributed by atoms with Gasteiger partial charge in [-0.3, -0.25) is 19.4 Å². The van der Waals surface area contributed by atoms with Crippen LogP contribution in [0.3, 0.4) is 0 Å². The van der Waals surface area contributed by atoms with Crippen LogP contribution in [0, 0.1) is 0 Å². The summed E-state index contributed by atoms with van der Waals surface area (Å²) in [6, 6.07) is 10.9. The number of rotatable bonds is 8. The Hall–Kier alpha value is -2.61. The molecule has 8 heteroatoms. The molecule has 0 saturated carbocycles. The lowest BCUT2D eigenvalue weighted by atomic mass is 10.1. The van der Waals surface area contributed by atoms with Crippen LogP contribution in [-0.2, 0) is 6.42 Å². The zero-order chi connectivity index (χ0) is 23.5. The van der Waals surface area contributed by atoms with Crippen molar-refractivity contribution in [1.29, 1.82) is 0 Å². The van der Waals surface area contributed by atoms with E-state index in [0.717, 1.165) is 38.3 Å². The van der Waals surface area contributed by atoms with Gasteiger partial charge in [0, 0.05) is 39.3 Å². The highest BCUT2D eigenvalue weighted by molar-refractivity contribution is 6.32. The number of aliphatic hydroxyl groups excluding tert-OH is 1. The first kappa shape index (κ1) is 23.5. The van der Waals surface area contributed by atoms with Crippen LogP contribution < -0.4 is 9.64 Å². The summed E-state index contributed by atoms with van der Waals surface area (Å²) in [6.07, 6.45) is 0.636. The predicted molar refractivity (Wildman–Crippen MR) is 128 cm³/mol. The van der Waals surface area contributed by atoms with Crippen LogP contribution in [-0.4, -0.2) is 79.2 Å². The fourth-order valence-corrected chi connectivity index (χ4v) is 4.87. The maximum atomic E-state index is 12.5. The molecule has 2 aliphatic rings. The molecule has 2 aliphatic heterocycles. The van der Waals surface area contributed by atoms with Crippen molar-refractivity contribution in [3.63, 3.8) is 0 Å². The summed E-state index contributed by atoms with van der Waals surface area (Å²) in [6.45, 7) is 6.00. The molecule has 0 spiro atoms. The Labute approximate surface area is 199 Å². The number of piperazine rings is 1. The molecule has 2 aromatic carbocycles. The van der Waals surface area contributed by atoms with Gasteiger partial charge in [-0.2, -0.15) is 0 Å². The van der Waals surface area contributed by atoms with Crippen LogP contribution in [0.2, 0.25) is 5.02 Å². The van der Waals surface area contributed by atoms with Crippen LogP contribution in [0.25, 0.3) is 0 Å². The highest BCUT2D eigenvalue weighted by Crippen LogP contribution is 2.37. The quantitative estimate of drug-likeness (QED) is 0.596. The number of benzene rings is 2. The lowest BCUT2D eigenvalue weighted by Gasteiger charge is -2.37. The maximum Gasteiger partial charge on any atom is 0.261 e. The van der Waals surface area contributed by atoms with Gasteiger partial charge in [0.25, 0.3) is 11.8 Å². The summed E-state index contributed by atoms with van der Waals surface area (Å²) in [5.41, 5.74) is 3.06. The van der Waals surface area contributed by atoms with Crippen molar-refractivity contribution >= 4 is 29.1 Å². The molecule has 33 heavy (non-hydrogen) atoms. The van der Waals surface area contributed by atoms with Gasteiger partial charge in [0.15, 0.2) is 5.75 Å². The molecular weight excluding hydrogens is 442 g/mol. The number of nitrogens with zero attached hydrogens (tertiary/aromatic N) is 3. The molecule has 2 aromatic rings. The molecule has 0 bridgehead atoms. The Morgan fingerprint density at radius 2 is 1.70 bits per heavy atom. The minimum atomic E-state index is -0.617. The number of methoxy groups -OCH3 is 1. The molecule has 2 heterocycles.